The minimum atomic E-state index is -0.311. The highest BCUT2D eigenvalue weighted by atomic mass is 19.1. The van der Waals surface area contributed by atoms with Crippen molar-refractivity contribution < 1.29 is 13.6 Å². The van der Waals surface area contributed by atoms with Crippen LogP contribution < -0.4 is 5.73 Å². The van der Waals surface area contributed by atoms with E-state index in [1.165, 1.54) is 36.7 Å². The van der Waals surface area contributed by atoms with Gasteiger partial charge in [0.15, 0.2) is 11.5 Å². The smallest absolute Gasteiger partial charge is 0.276 e. The first kappa shape index (κ1) is 19.9. The van der Waals surface area contributed by atoms with E-state index in [1.54, 1.807) is 29.2 Å². The van der Waals surface area contributed by atoms with Crippen LogP contribution in [0.25, 0.3) is 0 Å². The molecule has 2 aromatic carbocycles. The molecular weight excluding hydrogens is 388 g/mol. The average molecular weight is 409 g/mol. The van der Waals surface area contributed by atoms with Crippen LogP contribution in [0, 0.1) is 11.6 Å². The van der Waals surface area contributed by atoms with Gasteiger partial charge in [-0.3, -0.25) is 9.69 Å². The van der Waals surface area contributed by atoms with Crippen molar-refractivity contribution in [1.82, 2.24) is 19.8 Å². The first-order valence-corrected chi connectivity index (χ1v) is 9.63. The van der Waals surface area contributed by atoms with Crippen LogP contribution in [0.3, 0.4) is 0 Å². The van der Waals surface area contributed by atoms with E-state index in [0.717, 1.165) is 11.1 Å². The molecule has 30 heavy (non-hydrogen) atoms. The fraction of sp³-hybridized carbons (Fsp3) is 0.227. The summed E-state index contributed by atoms with van der Waals surface area (Å²) >= 11 is 0. The van der Waals surface area contributed by atoms with Gasteiger partial charge in [-0.2, -0.15) is 0 Å². The van der Waals surface area contributed by atoms with E-state index in [2.05, 4.69) is 14.9 Å². The van der Waals surface area contributed by atoms with Gasteiger partial charge in [-0.15, -0.1) is 0 Å². The number of benzene rings is 2. The molecule has 1 saturated heterocycles. The summed E-state index contributed by atoms with van der Waals surface area (Å²) in [6, 6.07) is 12.4. The fourth-order valence-electron chi connectivity index (χ4n) is 3.75. The Bertz CT molecular complexity index is 973. The lowest BCUT2D eigenvalue weighted by atomic mass is 9.96. The highest BCUT2D eigenvalue weighted by molar-refractivity contribution is 5.96. The molecule has 0 spiro atoms. The van der Waals surface area contributed by atoms with Crippen LogP contribution in [0.1, 0.15) is 27.7 Å². The lowest BCUT2D eigenvalue weighted by Gasteiger charge is -2.39. The standard InChI is InChI=1S/C22H21F2N5O/c23-17-5-1-15(2-6-17)20(16-3-7-18(24)8-4-16)28-11-13-29(14-12-28)22(30)19-21(25)27-10-9-26-19/h1-10,20H,11-14H2,(H2,25,27). The summed E-state index contributed by atoms with van der Waals surface area (Å²) < 4.78 is 26.9. The number of carbonyl (C=O) groups excluding carboxylic acids is 1. The summed E-state index contributed by atoms with van der Waals surface area (Å²) in [7, 11) is 0. The van der Waals surface area contributed by atoms with Crippen molar-refractivity contribution in [3.63, 3.8) is 0 Å². The SMILES string of the molecule is Nc1nccnc1C(=O)N1CCN(C(c2ccc(F)cc2)c2ccc(F)cc2)CC1. The number of piperazine rings is 1. The van der Waals surface area contributed by atoms with Crippen molar-refractivity contribution in [3.05, 3.63) is 89.4 Å². The Kier molecular flexibility index (Phi) is 5.67. The van der Waals surface area contributed by atoms with Gasteiger partial charge in [-0.25, -0.2) is 18.7 Å². The van der Waals surface area contributed by atoms with Gasteiger partial charge in [0.25, 0.3) is 5.91 Å². The number of nitrogen functional groups attached to an aromatic ring is 1. The summed E-state index contributed by atoms with van der Waals surface area (Å²) in [5.41, 5.74) is 7.75. The van der Waals surface area contributed by atoms with E-state index in [9.17, 15) is 13.6 Å². The third-order valence-corrected chi connectivity index (χ3v) is 5.27. The van der Waals surface area contributed by atoms with E-state index in [-0.39, 0.29) is 35.1 Å². The Morgan fingerprint density at radius 2 is 1.33 bits per heavy atom. The number of amides is 1. The van der Waals surface area contributed by atoms with Gasteiger partial charge in [-0.05, 0) is 35.4 Å². The monoisotopic (exact) mass is 409 g/mol. The molecule has 2 N–H and O–H groups in total. The largest absolute Gasteiger partial charge is 0.382 e. The summed E-state index contributed by atoms with van der Waals surface area (Å²) in [5.74, 6) is -0.761. The molecule has 1 amide bonds. The van der Waals surface area contributed by atoms with Crippen LogP contribution in [-0.4, -0.2) is 51.9 Å². The molecule has 1 aliphatic rings. The number of anilines is 1. The summed E-state index contributed by atoms with van der Waals surface area (Å²) in [4.78, 5) is 24.6. The molecule has 3 aromatic rings. The van der Waals surface area contributed by atoms with Crippen LogP contribution in [0.2, 0.25) is 0 Å². The van der Waals surface area contributed by atoms with Crippen molar-refractivity contribution in [2.75, 3.05) is 31.9 Å². The molecule has 0 saturated carbocycles. The number of hydrogen-bond donors (Lipinski definition) is 1. The summed E-state index contributed by atoms with van der Waals surface area (Å²) in [6.07, 6.45) is 2.89. The molecule has 1 aromatic heterocycles. The van der Waals surface area contributed by atoms with Crippen LogP contribution >= 0.6 is 0 Å². The Morgan fingerprint density at radius 1 is 0.833 bits per heavy atom. The van der Waals surface area contributed by atoms with E-state index < -0.39 is 0 Å². The number of carbonyl (C=O) groups is 1. The molecular formula is C22H21F2N5O. The minimum absolute atomic E-state index is 0.112. The Hall–Kier alpha value is -3.39. The topological polar surface area (TPSA) is 75.3 Å². The summed E-state index contributed by atoms with van der Waals surface area (Å²) in [6.45, 7) is 2.14. The minimum Gasteiger partial charge on any atom is -0.382 e. The molecule has 154 valence electrons. The number of hydrogen-bond acceptors (Lipinski definition) is 5. The predicted molar refractivity (Wildman–Crippen MR) is 109 cm³/mol. The lowest BCUT2D eigenvalue weighted by Crippen LogP contribution is -2.50. The van der Waals surface area contributed by atoms with Crippen molar-refractivity contribution in [3.8, 4) is 0 Å². The van der Waals surface area contributed by atoms with Gasteiger partial charge in [-0.1, -0.05) is 24.3 Å². The van der Waals surface area contributed by atoms with Gasteiger partial charge >= 0.3 is 0 Å². The highest BCUT2D eigenvalue weighted by Gasteiger charge is 2.29. The average Bonchev–Trinajstić information content (AvgIpc) is 2.77. The maximum atomic E-state index is 13.5. The molecule has 0 radical (unpaired) electrons. The van der Waals surface area contributed by atoms with Gasteiger partial charge in [0.1, 0.15) is 11.6 Å². The maximum absolute atomic E-state index is 13.5. The molecule has 0 bridgehead atoms. The first-order valence-electron chi connectivity index (χ1n) is 9.63. The van der Waals surface area contributed by atoms with E-state index in [4.69, 9.17) is 5.73 Å². The molecule has 1 fully saturated rings. The fourth-order valence-corrected chi connectivity index (χ4v) is 3.75. The van der Waals surface area contributed by atoms with Gasteiger partial charge in [0, 0.05) is 38.6 Å². The van der Waals surface area contributed by atoms with Gasteiger partial charge < -0.3 is 10.6 Å². The van der Waals surface area contributed by atoms with Crippen molar-refractivity contribution in [2.24, 2.45) is 0 Å². The zero-order valence-corrected chi connectivity index (χ0v) is 16.2. The zero-order chi connectivity index (χ0) is 21.1. The molecule has 1 aliphatic heterocycles. The van der Waals surface area contributed by atoms with Gasteiger partial charge in [0.2, 0.25) is 0 Å². The van der Waals surface area contributed by atoms with E-state index >= 15 is 0 Å². The number of aromatic nitrogens is 2. The first-order chi connectivity index (χ1) is 14.5. The molecule has 6 nitrogen and oxygen atoms in total. The predicted octanol–water partition coefficient (Wildman–Crippen LogP) is 2.88. The van der Waals surface area contributed by atoms with E-state index in [0.29, 0.717) is 26.2 Å². The van der Waals surface area contributed by atoms with Crippen molar-refractivity contribution in [1.29, 1.82) is 0 Å². The second kappa shape index (κ2) is 8.54. The van der Waals surface area contributed by atoms with Crippen LogP contribution in [0.4, 0.5) is 14.6 Å². The van der Waals surface area contributed by atoms with Crippen molar-refractivity contribution in [2.45, 2.75) is 6.04 Å². The number of nitrogens with two attached hydrogens (primary N) is 1. The Morgan fingerprint density at radius 3 is 1.83 bits per heavy atom. The van der Waals surface area contributed by atoms with Crippen LogP contribution in [0.5, 0.6) is 0 Å². The lowest BCUT2D eigenvalue weighted by molar-refractivity contribution is 0.0592. The Labute approximate surface area is 173 Å². The molecule has 0 unspecified atom stereocenters. The third kappa shape index (κ3) is 4.13. The third-order valence-electron chi connectivity index (χ3n) is 5.27. The molecule has 4 rings (SSSR count). The van der Waals surface area contributed by atoms with Crippen LogP contribution in [-0.2, 0) is 0 Å². The molecule has 0 atom stereocenters. The molecule has 0 aliphatic carbocycles. The van der Waals surface area contributed by atoms with E-state index in [1.807, 2.05) is 0 Å². The molecule has 2 heterocycles. The number of nitrogens with zero attached hydrogens (tertiary/aromatic N) is 4. The van der Waals surface area contributed by atoms with Crippen LogP contribution in [0.15, 0.2) is 60.9 Å². The van der Waals surface area contributed by atoms with Gasteiger partial charge in [0.05, 0.1) is 6.04 Å². The summed E-state index contributed by atoms with van der Waals surface area (Å²) in [5, 5.41) is 0. The number of halogens is 2. The molecule has 8 heteroatoms. The Balaban J connectivity index is 1.55. The number of rotatable bonds is 4. The zero-order valence-electron chi connectivity index (χ0n) is 16.2. The van der Waals surface area contributed by atoms with Crippen molar-refractivity contribution >= 4 is 11.7 Å². The normalized spacial score (nSPS) is 14.8. The second-order valence-corrected chi connectivity index (χ2v) is 7.12. The maximum Gasteiger partial charge on any atom is 0.276 e. The quantitative estimate of drug-likeness (QED) is 0.717. The second-order valence-electron chi connectivity index (χ2n) is 7.12. The highest BCUT2D eigenvalue weighted by Crippen LogP contribution is 2.30.